The molecule has 3 nitrogen and oxygen atoms in total. The molecule has 14 heavy (non-hydrogen) atoms. The molecular weight excluding hydrogens is 174 g/mol. The highest BCUT2D eigenvalue weighted by Gasteiger charge is 2.18. The summed E-state index contributed by atoms with van der Waals surface area (Å²) < 4.78 is 1.84. The lowest BCUT2D eigenvalue weighted by atomic mass is 9.95. The van der Waals surface area contributed by atoms with Crippen molar-refractivity contribution in [1.29, 1.82) is 0 Å². The predicted molar refractivity (Wildman–Crippen MR) is 59.0 cm³/mol. The van der Waals surface area contributed by atoms with Gasteiger partial charge < -0.3 is 5.32 Å². The van der Waals surface area contributed by atoms with Crippen molar-refractivity contribution in [2.24, 2.45) is 7.05 Å². The molecule has 0 aliphatic carbocycles. The highest BCUT2D eigenvalue weighted by atomic mass is 15.3. The smallest absolute Gasteiger partial charge is 0.0762 e. The van der Waals surface area contributed by atoms with Gasteiger partial charge in [-0.3, -0.25) is 4.68 Å². The Balaban J connectivity index is 2.47. The molecule has 0 aromatic carbocycles. The third-order valence-electron chi connectivity index (χ3n) is 3.03. The van der Waals surface area contributed by atoms with Crippen LogP contribution in [0.25, 0.3) is 0 Å². The minimum Gasteiger partial charge on any atom is -0.306 e. The average molecular weight is 195 g/mol. The summed E-state index contributed by atoms with van der Waals surface area (Å²) >= 11 is 0. The van der Waals surface area contributed by atoms with Crippen LogP contribution in [0.5, 0.6) is 0 Å². The highest BCUT2D eigenvalue weighted by Crippen LogP contribution is 2.14. The topological polar surface area (TPSA) is 29.9 Å². The summed E-state index contributed by atoms with van der Waals surface area (Å²) in [5.41, 5.74) is 1.36. The van der Waals surface area contributed by atoms with Crippen LogP contribution in [-0.2, 0) is 13.6 Å². The highest BCUT2D eigenvalue weighted by molar-refractivity contribution is 4.99. The lowest BCUT2D eigenvalue weighted by Crippen LogP contribution is -2.40. The van der Waals surface area contributed by atoms with Crippen molar-refractivity contribution < 1.29 is 0 Å². The summed E-state index contributed by atoms with van der Waals surface area (Å²) in [6, 6.07) is 2.05. The van der Waals surface area contributed by atoms with Crippen molar-refractivity contribution in [3.8, 4) is 0 Å². The van der Waals surface area contributed by atoms with Crippen molar-refractivity contribution in [2.45, 2.75) is 45.7 Å². The van der Waals surface area contributed by atoms with E-state index >= 15 is 0 Å². The molecule has 1 aromatic heterocycles. The van der Waals surface area contributed by atoms with E-state index in [1.165, 1.54) is 0 Å². The first-order chi connectivity index (χ1) is 6.59. The molecule has 3 heteroatoms. The van der Waals surface area contributed by atoms with Gasteiger partial charge in [-0.1, -0.05) is 13.8 Å². The van der Waals surface area contributed by atoms with E-state index in [1.54, 1.807) is 0 Å². The Morgan fingerprint density at radius 3 is 2.50 bits per heavy atom. The van der Waals surface area contributed by atoms with Gasteiger partial charge in [-0.2, -0.15) is 5.10 Å². The van der Waals surface area contributed by atoms with Gasteiger partial charge in [-0.15, -0.1) is 0 Å². The monoisotopic (exact) mass is 195 g/mol. The Bertz CT molecular complexity index is 274. The number of aryl methyl sites for hydroxylation is 1. The summed E-state index contributed by atoms with van der Waals surface area (Å²) in [4.78, 5) is 0. The summed E-state index contributed by atoms with van der Waals surface area (Å²) in [5.74, 6) is 0. The van der Waals surface area contributed by atoms with E-state index in [2.05, 4.69) is 37.3 Å². The Kier molecular flexibility index (Phi) is 3.69. The van der Waals surface area contributed by atoms with Crippen LogP contribution >= 0.6 is 0 Å². The molecule has 0 saturated heterocycles. The summed E-state index contributed by atoms with van der Waals surface area (Å²) in [5, 5.41) is 7.89. The van der Waals surface area contributed by atoms with Gasteiger partial charge in [-0.25, -0.2) is 0 Å². The van der Waals surface area contributed by atoms with Crippen LogP contribution in [0.3, 0.4) is 0 Å². The summed E-state index contributed by atoms with van der Waals surface area (Å²) in [7, 11) is 1.95. The molecule has 0 atom stereocenters. The maximum Gasteiger partial charge on any atom is 0.0762 e. The van der Waals surface area contributed by atoms with Crippen LogP contribution < -0.4 is 5.32 Å². The van der Waals surface area contributed by atoms with Gasteiger partial charge in [0.25, 0.3) is 0 Å². The molecule has 0 aliphatic rings. The van der Waals surface area contributed by atoms with Crippen LogP contribution in [0.4, 0.5) is 0 Å². The van der Waals surface area contributed by atoms with Gasteiger partial charge >= 0.3 is 0 Å². The van der Waals surface area contributed by atoms with Crippen LogP contribution in [0.1, 0.15) is 39.3 Å². The molecule has 1 aromatic rings. The predicted octanol–water partition coefficient (Wildman–Crippen LogP) is 2.09. The van der Waals surface area contributed by atoms with E-state index in [1.807, 2.05) is 17.9 Å². The number of aromatic nitrogens is 2. The largest absolute Gasteiger partial charge is 0.306 e. The second-order valence-electron chi connectivity index (χ2n) is 4.10. The van der Waals surface area contributed by atoms with E-state index in [4.69, 9.17) is 0 Å². The van der Waals surface area contributed by atoms with Crippen LogP contribution in [0.15, 0.2) is 12.3 Å². The fraction of sp³-hybridized carbons (Fsp3) is 0.727. The fourth-order valence-electron chi connectivity index (χ4n) is 1.36. The number of hydrogen-bond donors (Lipinski definition) is 1. The molecule has 0 aliphatic heterocycles. The van der Waals surface area contributed by atoms with Gasteiger partial charge in [0.2, 0.25) is 0 Å². The number of nitrogens with one attached hydrogen (secondary N) is 1. The van der Waals surface area contributed by atoms with Gasteiger partial charge in [0.1, 0.15) is 0 Å². The minimum absolute atomic E-state index is 0.248. The van der Waals surface area contributed by atoms with E-state index in [0.29, 0.717) is 0 Å². The molecule has 1 rings (SSSR count). The second-order valence-corrected chi connectivity index (χ2v) is 4.10. The molecule has 0 unspecified atom stereocenters. The third kappa shape index (κ3) is 2.84. The van der Waals surface area contributed by atoms with E-state index in [0.717, 1.165) is 25.1 Å². The molecular formula is C11H21N3. The lowest BCUT2D eigenvalue weighted by Gasteiger charge is -2.27. The quantitative estimate of drug-likeness (QED) is 0.779. The van der Waals surface area contributed by atoms with Crippen molar-refractivity contribution in [3.63, 3.8) is 0 Å². The fourth-order valence-corrected chi connectivity index (χ4v) is 1.36. The zero-order valence-electron chi connectivity index (χ0n) is 9.67. The van der Waals surface area contributed by atoms with Gasteiger partial charge in [0.15, 0.2) is 0 Å². The molecule has 1 heterocycles. The molecule has 0 radical (unpaired) electrons. The molecule has 1 N–H and O–H groups in total. The zero-order chi connectivity index (χ0) is 10.6. The van der Waals surface area contributed by atoms with E-state index in [9.17, 15) is 0 Å². The SMILES string of the molecule is CCC(C)(CC)NCc1ccn(C)n1. The van der Waals surface area contributed by atoms with Gasteiger partial charge in [-0.05, 0) is 25.8 Å². The first kappa shape index (κ1) is 11.2. The van der Waals surface area contributed by atoms with E-state index in [-0.39, 0.29) is 5.54 Å². The minimum atomic E-state index is 0.248. The molecule has 0 fully saturated rings. The van der Waals surface area contributed by atoms with Crippen LogP contribution in [0, 0.1) is 0 Å². The van der Waals surface area contributed by atoms with Gasteiger partial charge in [0.05, 0.1) is 5.69 Å². The standard InChI is InChI=1S/C11H21N3/c1-5-11(3,6-2)12-9-10-7-8-14(4)13-10/h7-8,12H,5-6,9H2,1-4H3. The maximum atomic E-state index is 4.34. The van der Waals surface area contributed by atoms with Crippen molar-refractivity contribution in [3.05, 3.63) is 18.0 Å². The lowest BCUT2D eigenvalue weighted by molar-refractivity contribution is 0.327. The maximum absolute atomic E-state index is 4.34. The van der Waals surface area contributed by atoms with Gasteiger partial charge in [0, 0.05) is 25.3 Å². The molecule has 0 bridgehead atoms. The second kappa shape index (κ2) is 4.60. The van der Waals surface area contributed by atoms with Crippen molar-refractivity contribution in [2.75, 3.05) is 0 Å². The van der Waals surface area contributed by atoms with Crippen LogP contribution in [-0.4, -0.2) is 15.3 Å². The van der Waals surface area contributed by atoms with Crippen molar-refractivity contribution in [1.82, 2.24) is 15.1 Å². The number of rotatable bonds is 5. The zero-order valence-corrected chi connectivity index (χ0v) is 9.67. The van der Waals surface area contributed by atoms with E-state index < -0.39 is 0 Å². The number of nitrogens with zero attached hydrogens (tertiary/aromatic N) is 2. The first-order valence-electron chi connectivity index (χ1n) is 5.33. The Labute approximate surface area is 86.5 Å². The third-order valence-corrected chi connectivity index (χ3v) is 3.03. The normalized spacial score (nSPS) is 12.0. The van der Waals surface area contributed by atoms with Crippen LogP contribution in [0.2, 0.25) is 0 Å². The molecule has 80 valence electrons. The summed E-state index contributed by atoms with van der Waals surface area (Å²) in [6.45, 7) is 7.55. The average Bonchev–Trinajstić information content (AvgIpc) is 2.61. The molecule has 0 saturated carbocycles. The first-order valence-corrected chi connectivity index (χ1v) is 5.33. The Hall–Kier alpha value is -0.830. The Morgan fingerprint density at radius 1 is 1.43 bits per heavy atom. The molecule has 0 spiro atoms. The molecule has 0 amide bonds. The summed E-state index contributed by atoms with van der Waals surface area (Å²) in [6.07, 6.45) is 4.28. The Morgan fingerprint density at radius 2 is 2.07 bits per heavy atom. The number of hydrogen-bond acceptors (Lipinski definition) is 2. The van der Waals surface area contributed by atoms with Crippen molar-refractivity contribution >= 4 is 0 Å².